The van der Waals surface area contributed by atoms with Crippen molar-refractivity contribution in [1.29, 1.82) is 0 Å². The Morgan fingerprint density at radius 2 is 1.66 bits per heavy atom. The minimum absolute atomic E-state index is 0.00598. The fraction of sp³-hybridized carbons (Fsp3) is 0.481. The van der Waals surface area contributed by atoms with E-state index in [1.54, 1.807) is 11.0 Å². The van der Waals surface area contributed by atoms with Crippen molar-refractivity contribution in [3.63, 3.8) is 0 Å². The molecule has 2 atom stereocenters. The van der Waals surface area contributed by atoms with Crippen LogP contribution < -0.4 is 5.32 Å². The molecule has 0 radical (unpaired) electrons. The Morgan fingerprint density at radius 3 is 2.20 bits per heavy atom. The van der Waals surface area contributed by atoms with E-state index in [1.807, 2.05) is 26.0 Å². The Bertz CT molecular complexity index is 1200. The zero-order chi connectivity index (χ0) is 25.3. The number of amides is 2. The van der Waals surface area contributed by atoms with Gasteiger partial charge >= 0.3 is 0 Å². The number of hydrogen-bond donors (Lipinski definition) is 2. The molecule has 2 N–H and O–H groups in total. The summed E-state index contributed by atoms with van der Waals surface area (Å²) in [7, 11) is -3.44. The molecule has 1 heterocycles. The van der Waals surface area contributed by atoms with Crippen LogP contribution in [0, 0.1) is 11.8 Å². The first-order valence-corrected chi connectivity index (χ1v) is 14.2. The van der Waals surface area contributed by atoms with E-state index in [4.69, 9.17) is 0 Å². The number of rotatable bonds is 8. The lowest BCUT2D eigenvalue weighted by molar-refractivity contribution is -0.154. The molecule has 8 heteroatoms. The first kappa shape index (κ1) is 25.4. The Labute approximate surface area is 207 Å². The SMILES string of the molecule is CCC(CC)[C@@H]1C(=O)N[C@H](C2Cc3ccccc3C2)C(=O)N1Cc1ccc(S(C)(=O)=O)cc1CO. The van der Waals surface area contributed by atoms with Crippen molar-refractivity contribution in [1.82, 2.24) is 10.2 Å². The van der Waals surface area contributed by atoms with Crippen LogP contribution in [-0.2, 0) is 45.4 Å². The number of nitrogens with one attached hydrogen (secondary N) is 1. The molecule has 35 heavy (non-hydrogen) atoms. The largest absolute Gasteiger partial charge is 0.392 e. The van der Waals surface area contributed by atoms with Gasteiger partial charge in [0, 0.05) is 12.8 Å². The maximum absolute atomic E-state index is 13.9. The molecule has 188 valence electrons. The van der Waals surface area contributed by atoms with Gasteiger partial charge in [0.25, 0.3) is 0 Å². The fourth-order valence-electron chi connectivity index (χ4n) is 5.60. The van der Waals surface area contributed by atoms with Crippen molar-refractivity contribution in [3.05, 3.63) is 64.7 Å². The lowest BCUT2D eigenvalue weighted by Gasteiger charge is -2.44. The molecule has 0 unspecified atom stereocenters. The second kappa shape index (κ2) is 10.1. The molecule has 1 fully saturated rings. The molecule has 7 nitrogen and oxygen atoms in total. The van der Waals surface area contributed by atoms with E-state index >= 15 is 0 Å². The molecule has 2 aromatic rings. The summed E-state index contributed by atoms with van der Waals surface area (Å²) in [5.41, 5.74) is 3.52. The van der Waals surface area contributed by atoms with E-state index in [2.05, 4.69) is 17.4 Å². The molecule has 0 saturated carbocycles. The van der Waals surface area contributed by atoms with Gasteiger partial charge in [0.05, 0.1) is 11.5 Å². The van der Waals surface area contributed by atoms with Crippen LogP contribution in [0.3, 0.4) is 0 Å². The summed E-state index contributed by atoms with van der Waals surface area (Å²) < 4.78 is 24.0. The number of piperazine rings is 1. The van der Waals surface area contributed by atoms with E-state index in [-0.39, 0.29) is 41.7 Å². The topological polar surface area (TPSA) is 104 Å². The summed E-state index contributed by atoms with van der Waals surface area (Å²) in [4.78, 5) is 29.2. The third-order valence-electron chi connectivity index (χ3n) is 7.62. The van der Waals surface area contributed by atoms with Gasteiger partial charge in [0.2, 0.25) is 11.8 Å². The van der Waals surface area contributed by atoms with Gasteiger partial charge in [-0.05, 0) is 59.1 Å². The number of carbonyl (C=O) groups excluding carboxylic acids is 2. The lowest BCUT2D eigenvalue weighted by Crippen LogP contribution is -2.66. The smallest absolute Gasteiger partial charge is 0.246 e. The highest BCUT2D eigenvalue weighted by Crippen LogP contribution is 2.33. The van der Waals surface area contributed by atoms with Crippen molar-refractivity contribution >= 4 is 21.7 Å². The van der Waals surface area contributed by atoms with Crippen LogP contribution in [-0.4, -0.2) is 48.6 Å². The number of aliphatic hydroxyl groups excluding tert-OH is 1. The average Bonchev–Trinajstić information content (AvgIpc) is 3.27. The summed E-state index contributed by atoms with van der Waals surface area (Å²) >= 11 is 0. The molecule has 2 aromatic carbocycles. The number of hydrogen-bond acceptors (Lipinski definition) is 5. The van der Waals surface area contributed by atoms with E-state index in [0.29, 0.717) is 11.1 Å². The average molecular weight is 499 g/mol. The first-order chi connectivity index (χ1) is 16.7. The summed E-state index contributed by atoms with van der Waals surface area (Å²) in [5.74, 6) is -0.277. The van der Waals surface area contributed by atoms with Crippen LogP contribution >= 0.6 is 0 Å². The van der Waals surface area contributed by atoms with Crippen LogP contribution in [0.2, 0.25) is 0 Å². The highest BCUT2D eigenvalue weighted by molar-refractivity contribution is 7.90. The van der Waals surface area contributed by atoms with Crippen LogP contribution in [0.15, 0.2) is 47.4 Å². The molecule has 1 saturated heterocycles. The van der Waals surface area contributed by atoms with Gasteiger partial charge in [-0.3, -0.25) is 9.59 Å². The standard InChI is InChI=1S/C27H34N2O5S/c1-4-17(5-2)25-26(31)28-24(21-12-18-8-6-7-9-19(18)13-21)27(32)29(25)15-20-10-11-23(35(3,33)34)14-22(20)16-30/h6-11,14,17,21,24-25,30H,4-5,12-13,15-16H2,1-3H3,(H,28,31)/t24-,25-/m1/s1. The number of fused-ring (bicyclic) bond motifs is 1. The lowest BCUT2D eigenvalue weighted by atomic mass is 9.85. The zero-order valence-corrected chi connectivity index (χ0v) is 21.3. The normalized spacial score (nSPS) is 20.9. The Hall–Kier alpha value is -2.71. The zero-order valence-electron chi connectivity index (χ0n) is 20.5. The fourth-order valence-corrected chi connectivity index (χ4v) is 6.28. The Kier molecular flexibility index (Phi) is 7.33. The molecule has 1 aliphatic carbocycles. The summed E-state index contributed by atoms with van der Waals surface area (Å²) in [6.45, 7) is 3.82. The van der Waals surface area contributed by atoms with Crippen LogP contribution in [0.25, 0.3) is 0 Å². The number of carbonyl (C=O) groups is 2. The monoisotopic (exact) mass is 498 g/mol. The van der Waals surface area contributed by atoms with E-state index in [9.17, 15) is 23.1 Å². The quantitative estimate of drug-likeness (QED) is 0.582. The Balaban J connectivity index is 1.68. The molecule has 2 aliphatic rings. The number of nitrogens with zero attached hydrogens (tertiary/aromatic N) is 1. The van der Waals surface area contributed by atoms with Gasteiger partial charge in [0.1, 0.15) is 12.1 Å². The molecule has 2 amide bonds. The van der Waals surface area contributed by atoms with Gasteiger partial charge in [-0.2, -0.15) is 0 Å². The highest BCUT2D eigenvalue weighted by atomic mass is 32.2. The molecule has 1 aliphatic heterocycles. The Morgan fingerprint density at radius 1 is 1.03 bits per heavy atom. The molecule has 0 spiro atoms. The van der Waals surface area contributed by atoms with Crippen molar-refractivity contribution in [2.24, 2.45) is 11.8 Å². The molecular formula is C27H34N2O5S. The van der Waals surface area contributed by atoms with Gasteiger partial charge in [-0.1, -0.05) is 57.0 Å². The summed E-state index contributed by atoms with van der Waals surface area (Å²) in [6, 6.07) is 11.5. The molecule has 4 rings (SSSR count). The summed E-state index contributed by atoms with van der Waals surface area (Å²) in [5, 5.41) is 13.0. The minimum Gasteiger partial charge on any atom is -0.392 e. The predicted octanol–water partition coefficient (Wildman–Crippen LogP) is 2.63. The molecule has 0 aromatic heterocycles. The second-order valence-corrected chi connectivity index (χ2v) is 11.8. The van der Waals surface area contributed by atoms with Crippen molar-refractivity contribution in [3.8, 4) is 0 Å². The van der Waals surface area contributed by atoms with Crippen molar-refractivity contribution in [2.45, 2.75) is 69.7 Å². The van der Waals surface area contributed by atoms with Gasteiger partial charge < -0.3 is 15.3 Å². The number of sulfone groups is 1. The van der Waals surface area contributed by atoms with Crippen LogP contribution in [0.4, 0.5) is 0 Å². The van der Waals surface area contributed by atoms with Crippen molar-refractivity contribution < 1.29 is 23.1 Å². The highest BCUT2D eigenvalue weighted by Gasteiger charge is 2.47. The minimum atomic E-state index is -3.44. The first-order valence-electron chi connectivity index (χ1n) is 12.3. The third kappa shape index (κ3) is 5.00. The summed E-state index contributed by atoms with van der Waals surface area (Å²) in [6.07, 6.45) is 4.09. The van der Waals surface area contributed by atoms with E-state index < -0.39 is 21.9 Å². The molecule has 0 bridgehead atoms. The van der Waals surface area contributed by atoms with Crippen molar-refractivity contribution in [2.75, 3.05) is 6.26 Å². The third-order valence-corrected chi connectivity index (χ3v) is 8.73. The van der Waals surface area contributed by atoms with Crippen LogP contribution in [0.5, 0.6) is 0 Å². The second-order valence-electron chi connectivity index (χ2n) is 9.77. The number of aliphatic hydroxyl groups is 1. The molecular weight excluding hydrogens is 464 g/mol. The van der Waals surface area contributed by atoms with E-state index in [1.165, 1.54) is 23.3 Å². The van der Waals surface area contributed by atoms with Gasteiger partial charge in [-0.15, -0.1) is 0 Å². The van der Waals surface area contributed by atoms with E-state index in [0.717, 1.165) is 31.9 Å². The van der Waals surface area contributed by atoms with Gasteiger partial charge in [-0.25, -0.2) is 8.42 Å². The predicted molar refractivity (Wildman–Crippen MR) is 133 cm³/mol. The maximum atomic E-state index is 13.9. The maximum Gasteiger partial charge on any atom is 0.246 e. The van der Waals surface area contributed by atoms with Gasteiger partial charge in [0.15, 0.2) is 9.84 Å². The number of benzene rings is 2. The van der Waals surface area contributed by atoms with Crippen LogP contribution in [0.1, 0.15) is 48.9 Å².